The van der Waals surface area contributed by atoms with Gasteiger partial charge in [-0.05, 0) is 50.8 Å². The summed E-state index contributed by atoms with van der Waals surface area (Å²) in [7, 11) is 1.99. The molecule has 1 aromatic carbocycles. The van der Waals surface area contributed by atoms with Crippen molar-refractivity contribution in [1.29, 1.82) is 0 Å². The predicted octanol–water partition coefficient (Wildman–Crippen LogP) is 2.58. The van der Waals surface area contributed by atoms with Crippen LogP contribution < -0.4 is 0 Å². The topological polar surface area (TPSA) is 43.9 Å². The van der Waals surface area contributed by atoms with Gasteiger partial charge in [-0.15, -0.1) is 0 Å². The average molecular weight is 372 g/mol. The number of hydrogen-bond donors (Lipinski definition) is 0. The molecule has 5 heteroatoms. The van der Waals surface area contributed by atoms with Crippen LogP contribution in [0.25, 0.3) is 0 Å². The molecule has 2 amide bonds. The maximum atomic E-state index is 13.0. The van der Waals surface area contributed by atoms with Gasteiger partial charge in [0.05, 0.1) is 12.5 Å². The molecule has 5 nitrogen and oxygen atoms in total. The molecule has 1 atom stereocenters. The molecular formula is C22H33N3O2. The Kier molecular flexibility index (Phi) is 6.20. The maximum Gasteiger partial charge on any atom is 0.236 e. The zero-order valence-electron chi connectivity index (χ0n) is 17.0. The molecule has 0 aromatic heterocycles. The minimum Gasteiger partial charge on any atom is -0.342 e. The Morgan fingerprint density at radius 2 is 1.85 bits per heavy atom. The first kappa shape index (κ1) is 19.9. The number of amides is 2. The summed E-state index contributed by atoms with van der Waals surface area (Å²) in [6, 6.07) is 10.2. The molecule has 0 radical (unpaired) electrons. The summed E-state index contributed by atoms with van der Waals surface area (Å²) in [6.45, 7) is 8.73. The fraction of sp³-hybridized carbons (Fsp3) is 0.636. The van der Waals surface area contributed by atoms with Crippen molar-refractivity contribution in [2.24, 2.45) is 5.41 Å². The molecule has 0 unspecified atom stereocenters. The predicted molar refractivity (Wildman–Crippen MR) is 107 cm³/mol. The van der Waals surface area contributed by atoms with Crippen LogP contribution >= 0.6 is 0 Å². The molecule has 1 spiro atoms. The normalized spacial score (nSPS) is 22.5. The van der Waals surface area contributed by atoms with Gasteiger partial charge in [0.1, 0.15) is 0 Å². The highest BCUT2D eigenvalue weighted by molar-refractivity contribution is 5.85. The van der Waals surface area contributed by atoms with Crippen LogP contribution in [0.4, 0.5) is 0 Å². The molecule has 2 aliphatic rings. The van der Waals surface area contributed by atoms with Gasteiger partial charge in [0.2, 0.25) is 11.8 Å². The number of likely N-dealkylation sites (tertiary alicyclic amines) is 2. The average Bonchev–Trinajstić information content (AvgIpc) is 2.70. The van der Waals surface area contributed by atoms with Crippen molar-refractivity contribution >= 4 is 11.8 Å². The molecule has 0 saturated carbocycles. The van der Waals surface area contributed by atoms with Crippen molar-refractivity contribution in [2.45, 2.75) is 39.0 Å². The summed E-state index contributed by atoms with van der Waals surface area (Å²) >= 11 is 0. The second kappa shape index (κ2) is 8.42. The highest BCUT2D eigenvalue weighted by atomic mass is 16.2. The Morgan fingerprint density at radius 1 is 1.19 bits per heavy atom. The molecular weight excluding hydrogens is 338 g/mol. The summed E-state index contributed by atoms with van der Waals surface area (Å²) in [4.78, 5) is 31.6. The quantitative estimate of drug-likeness (QED) is 0.799. The Bertz CT molecular complexity index is 653. The van der Waals surface area contributed by atoms with Crippen molar-refractivity contribution < 1.29 is 9.59 Å². The standard InChI is InChI=1S/C22H33N3O2/c1-4-23(3)16-20(26)25-13-11-22(12-14-25)15-19(18-9-7-6-8-10-18)21(27)24(5-2)17-22/h6-10,19H,4-5,11-17H2,1-3H3/t19-/m0/s1. The smallest absolute Gasteiger partial charge is 0.236 e. The van der Waals surface area contributed by atoms with Gasteiger partial charge in [0, 0.05) is 26.2 Å². The van der Waals surface area contributed by atoms with E-state index in [1.807, 2.05) is 35.0 Å². The molecule has 0 N–H and O–H groups in total. The van der Waals surface area contributed by atoms with Crippen LogP contribution in [-0.2, 0) is 9.59 Å². The van der Waals surface area contributed by atoms with Gasteiger partial charge in [-0.25, -0.2) is 0 Å². The fourth-order valence-corrected chi connectivity index (χ4v) is 4.54. The van der Waals surface area contributed by atoms with Crippen molar-refractivity contribution in [3.63, 3.8) is 0 Å². The van der Waals surface area contributed by atoms with E-state index in [9.17, 15) is 9.59 Å². The van der Waals surface area contributed by atoms with E-state index in [2.05, 4.69) is 30.9 Å². The van der Waals surface area contributed by atoms with Crippen LogP contribution in [0.3, 0.4) is 0 Å². The first-order valence-corrected chi connectivity index (χ1v) is 10.3. The van der Waals surface area contributed by atoms with Gasteiger partial charge in [-0.2, -0.15) is 0 Å². The van der Waals surface area contributed by atoms with Gasteiger partial charge in [-0.3, -0.25) is 14.5 Å². The highest BCUT2D eigenvalue weighted by Crippen LogP contribution is 2.45. The number of piperidine rings is 2. The van der Waals surface area contributed by atoms with Crippen molar-refractivity contribution in [2.75, 3.05) is 46.3 Å². The third-order valence-corrected chi connectivity index (χ3v) is 6.48. The van der Waals surface area contributed by atoms with Gasteiger partial charge >= 0.3 is 0 Å². The molecule has 1 aromatic rings. The molecule has 148 valence electrons. The Morgan fingerprint density at radius 3 is 2.44 bits per heavy atom. The summed E-state index contributed by atoms with van der Waals surface area (Å²) in [5.74, 6) is 0.443. The second-order valence-electron chi connectivity index (χ2n) is 8.23. The molecule has 0 bridgehead atoms. The van der Waals surface area contributed by atoms with Crippen LogP contribution in [-0.4, -0.2) is 72.8 Å². The first-order chi connectivity index (χ1) is 13.0. The first-order valence-electron chi connectivity index (χ1n) is 10.3. The monoisotopic (exact) mass is 371 g/mol. The Balaban J connectivity index is 1.71. The lowest BCUT2D eigenvalue weighted by Crippen LogP contribution is -2.55. The fourth-order valence-electron chi connectivity index (χ4n) is 4.54. The van der Waals surface area contributed by atoms with Gasteiger partial charge in [0.15, 0.2) is 0 Å². The third kappa shape index (κ3) is 4.34. The SMILES string of the molecule is CCN(C)CC(=O)N1CCC2(CC1)C[C@@H](c1ccccc1)C(=O)N(CC)C2. The van der Waals surface area contributed by atoms with Crippen LogP contribution in [0.15, 0.2) is 30.3 Å². The van der Waals surface area contributed by atoms with Gasteiger partial charge < -0.3 is 9.80 Å². The number of benzene rings is 1. The molecule has 2 fully saturated rings. The number of hydrogen-bond acceptors (Lipinski definition) is 3. The molecule has 2 heterocycles. The van der Waals surface area contributed by atoms with E-state index >= 15 is 0 Å². The van der Waals surface area contributed by atoms with Crippen LogP contribution in [0.5, 0.6) is 0 Å². The molecule has 0 aliphatic carbocycles. The number of carbonyl (C=O) groups excluding carboxylic acids is 2. The number of rotatable bonds is 5. The van der Waals surface area contributed by atoms with E-state index in [-0.39, 0.29) is 23.1 Å². The molecule has 3 rings (SSSR count). The molecule has 27 heavy (non-hydrogen) atoms. The van der Waals surface area contributed by atoms with Crippen molar-refractivity contribution in [3.05, 3.63) is 35.9 Å². The summed E-state index contributed by atoms with van der Waals surface area (Å²) in [6.07, 6.45) is 2.88. The van der Waals surface area contributed by atoms with E-state index in [1.54, 1.807) is 0 Å². The molecule has 2 aliphatic heterocycles. The summed E-state index contributed by atoms with van der Waals surface area (Å²) < 4.78 is 0. The van der Waals surface area contributed by atoms with E-state index in [0.717, 1.165) is 57.5 Å². The van der Waals surface area contributed by atoms with Gasteiger partial charge in [-0.1, -0.05) is 37.3 Å². The third-order valence-electron chi connectivity index (χ3n) is 6.48. The van der Waals surface area contributed by atoms with E-state index < -0.39 is 0 Å². The highest BCUT2D eigenvalue weighted by Gasteiger charge is 2.46. The van der Waals surface area contributed by atoms with Gasteiger partial charge in [0.25, 0.3) is 0 Å². The molecule has 2 saturated heterocycles. The number of nitrogens with zero attached hydrogens (tertiary/aromatic N) is 3. The van der Waals surface area contributed by atoms with Crippen LogP contribution in [0.2, 0.25) is 0 Å². The zero-order chi connectivity index (χ0) is 19.4. The van der Waals surface area contributed by atoms with Crippen molar-refractivity contribution in [1.82, 2.24) is 14.7 Å². The van der Waals surface area contributed by atoms with E-state index in [4.69, 9.17) is 0 Å². The number of carbonyl (C=O) groups is 2. The minimum absolute atomic E-state index is 0.0478. The van der Waals surface area contributed by atoms with E-state index in [0.29, 0.717) is 6.54 Å². The lowest BCUT2D eigenvalue weighted by molar-refractivity contribution is -0.144. The van der Waals surface area contributed by atoms with Crippen molar-refractivity contribution in [3.8, 4) is 0 Å². The van der Waals surface area contributed by atoms with E-state index in [1.165, 1.54) is 0 Å². The maximum absolute atomic E-state index is 13.0. The Labute approximate surface area is 163 Å². The largest absolute Gasteiger partial charge is 0.342 e. The Hall–Kier alpha value is -1.88. The lowest BCUT2D eigenvalue weighted by atomic mass is 9.67. The summed E-state index contributed by atoms with van der Waals surface area (Å²) in [5.41, 5.74) is 1.26. The lowest BCUT2D eigenvalue weighted by Gasteiger charge is -2.50. The second-order valence-corrected chi connectivity index (χ2v) is 8.23. The zero-order valence-corrected chi connectivity index (χ0v) is 17.0. The van der Waals surface area contributed by atoms with Crippen LogP contribution in [0, 0.1) is 5.41 Å². The van der Waals surface area contributed by atoms with Crippen LogP contribution in [0.1, 0.15) is 44.6 Å². The minimum atomic E-state index is -0.0478. The number of likely N-dealkylation sites (N-methyl/N-ethyl adjacent to an activating group) is 2. The summed E-state index contributed by atoms with van der Waals surface area (Å²) in [5, 5.41) is 0.